The summed E-state index contributed by atoms with van der Waals surface area (Å²) in [6.07, 6.45) is 8.59. The maximum Gasteiger partial charge on any atom is 0.189 e. The van der Waals surface area contributed by atoms with Gasteiger partial charge in [0.15, 0.2) is 5.78 Å². The molecule has 0 unspecified atom stereocenters. The molecule has 0 amide bonds. The molecule has 1 fully saturated rings. The van der Waals surface area contributed by atoms with Crippen molar-refractivity contribution < 1.29 is 4.79 Å². The third kappa shape index (κ3) is 2.91. The van der Waals surface area contributed by atoms with Crippen molar-refractivity contribution in [3.63, 3.8) is 0 Å². The summed E-state index contributed by atoms with van der Waals surface area (Å²) in [7, 11) is 1.93. The Bertz CT molecular complexity index is 353. The van der Waals surface area contributed by atoms with Gasteiger partial charge in [-0.25, -0.2) is 0 Å². The molecule has 2 nitrogen and oxygen atoms in total. The lowest BCUT2D eigenvalue weighted by molar-refractivity contribution is 0.101. The van der Waals surface area contributed by atoms with Gasteiger partial charge in [0.2, 0.25) is 0 Å². The summed E-state index contributed by atoms with van der Waals surface area (Å²) in [6, 6.07) is 3.84. The quantitative estimate of drug-likeness (QED) is 0.750. The molecule has 1 aromatic heterocycles. The highest BCUT2D eigenvalue weighted by Gasteiger charge is 2.16. The van der Waals surface area contributed by atoms with E-state index in [4.69, 9.17) is 0 Å². The number of rotatable bonds is 4. The third-order valence-corrected chi connectivity index (χ3v) is 4.60. The first-order valence-electron chi connectivity index (χ1n) is 6.03. The molecule has 1 saturated carbocycles. The van der Waals surface area contributed by atoms with Gasteiger partial charge in [0.05, 0.1) is 11.4 Å². The normalized spacial score (nSPS) is 17.6. The minimum absolute atomic E-state index is 0.267. The van der Waals surface area contributed by atoms with Crippen LogP contribution in [0, 0.1) is 0 Å². The van der Waals surface area contributed by atoms with Crippen molar-refractivity contribution in [2.24, 2.45) is 7.05 Å². The Balaban J connectivity index is 1.81. The van der Waals surface area contributed by atoms with Crippen molar-refractivity contribution in [3.8, 4) is 0 Å². The molecule has 0 aromatic carbocycles. The number of carbonyl (C=O) groups excluding carboxylic acids is 1. The third-order valence-electron chi connectivity index (χ3n) is 3.23. The van der Waals surface area contributed by atoms with E-state index in [-0.39, 0.29) is 5.78 Å². The van der Waals surface area contributed by atoms with Crippen molar-refractivity contribution in [1.29, 1.82) is 0 Å². The summed E-state index contributed by atoms with van der Waals surface area (Å²) >= 11 is 1.85. The molecule has 1 aromatic rings. The Morgan fingerprint density at radius 2 is 2.19 bits per heavy atom. The summed E-state index contributed by atoms with van der Waals surface area (Å²) in [6.45, 7) is 0. The summed E-state index contributed by atoms with van der Waals surface area (Å²) in [5, 5.41) is 0.720. The summed E-state index contributed by atoms with van der Waals surface area (Å²) < 4.78 is 1.91. The van der Waals surface area contributed by atoms with Crippen LogP contribution in [0.25, 0.3) is 0 Å². The zero-order chi connectivity index (χ0) is 11.4. The van der Waals surface area contributed by atoms with Crippen molar-refractivity contribution in [1.82, 2.24) is 4.57 Å². The van der Waals surface area contributed by atoms with Crippen LogP contribution in [-0.4, -0.2) is 21.4 Å². The first kappa shape index (κ1) is 11.8. The van der Waals surface area contributed by atoms with E-state index in [1.165, 1.54) is 32.1 Å². The Kier molecular flexibility index (Phi) is 4.10. The summed E-state index contributed by atoms with van der Waals surface area (Å²) in [5.41, 5.74) is 0.836. The van der Waals surface area contributed by atoms with Gasteiger partial charge in [-0.05, 0) is 25.0 Å². The van der Waals surface area contributed by atoms with Crippen molar-refractivity contribution in [3.05, 3.63) is 24.0 Å². The van der Waals surface area contributed by atoms with E-state index in [1.807, 2.05) is 41.7 Å². The van der Waals surface area contributed by atoms with Gasteiger partial charge in [0, 0.05) is 18.5 Å². The number of nitrogens with zero attached hydrogens (tertiary/aromatic N) is 1. The molecule has 0 N–H and O–H groups in total. The smallest absolute Gasteiger partial charge is 0.189 e. The number of carbonyl (C=O) groups is 1. The molecule has 88 valence electrons. The van der Waals surface area contributed by atoms with Crippen LogP contribution in [0.3, 0.4) is 0 Å². The maximum absolute atomic E-state index is 11.9. The topological polar surface area (TPSA) is 22.0 Å². The SMILES string of the molecule is Cn1cccc1C(=O)CSC1CCCCC1. The molecular weight excluding hydrogens is 218 g/mol. The molecule has 16 heavy (non-hydrogen) atoms. The van der Waals surface area contributed by atoms with Crippen LogP contribution in [0.2, 0.25) is 0 Å². The van der Waals surface area contributed by atoms with Gasteiger partial charge < -0.3 is 4.57 Å². The molecule has 1 aliphatic rings. The molecule has 0 saturated heterocycles. The number of ketones is 1. The second kappa shape index (κ2) is 5.58. The molecule has 0 atom stereocenters. The number of Topliss-reactive ketones (excluding diaryl/α,β-unsaturated/α-hetero) is 1. The number of aromatic nitrogens is 1. The maximum atomic E-state index is 11.9. The lowest BCUT2D eigenvalue weighted by Gasteiger charge is -2.20. The van der Waals surface area contributed by atoms with Crippen LogP contribution >= 0.6 is 11.8 Å². The molecule has 0 radical (unpaired) electrons. The number of hydrogen-bond acceptors (Lipinski definition) is 2. The van der Waals surface area contributed by atoms with E-state index in [0.717, 1.165) is 10.9 Å². The highest BCUT2D eigenvalue weighted by atomic mass is 32.2. The predicted octanol–water partition coefficient (Wildman–Crippen LogP) is 3.27. The lowest BCUT2D eigenvalue weighted by Crippen LogP contribution is -2.13. The van der Waals surface area contributed by atoms with Gasteiger partial charge in [-0.2, -0.15) is 11.8 Å². The van der Waals surface area contributed by atoms with E-state index >= 15 is 0 Å². The predicted molar refractivity (Wildman–Crippen MR) is 69.1 cm³/mol. The van der Waals surface area contributed by atoms with E-state index in [9.17, 15) is 4.79 Å². The van der Waals surface area contributed by atoms with Crippen LogP contribution in [0.1, 0.15) is 42.6 Å². The largest absolute Gasteiger partial charge is 0.348 e. The average Bonchev–Trinajstić information content (AvgIpc) is 2.74. The van der Waals surface area contributed by atoms with Gasteiger partial charge in [-0.3, -0.25) is 4.79 Å². The van der Waals surface area contributed by atoms with Crippen LogP contribution in [0.5, 0.6) is 0 Å². The monoisotopic (exact) mass is 237 g/mol. The first-order chi connectivity index (χ1) is 7.77. The molecule has 0 bridgehead atoms. The summed E-state index contributed by atoms with van der Waals surface area (Å²) in [4.78, 5) is 11.9. The van der Waals surface area contributed by atoms with E-state index in [0.29, 0.717) is 5.75 Å². The van der Waals surface area contributed by atoms with Gasteiger partial charge in [-0.1, -0.05) is 19.3 Å². The van der Waals surface area contributed by atoms with Gasteiger partial charge in [-0.15, -0.1) is 0 Å². The van der Waals surface area contributed by atoms with Crippen LogP contribution < -0.4 is 0 Å². The van der Waals surface area contributed by atoms with Gasteiger partial charge in [0.25, 0.3) is 0 Å². The molecule has 0 aliphatic heterocycles. The first-order valence-corrected chi connectivity index (χ1v) is 7.08. The molecule has 1 heterocycles. The minimum atomic E-state index is 0.267. The average molecular weight is 237 g/mol. The second-order valence-corrected chi connectivity index (χ2v) is 5.79. The van der Waals surface area contributed by atoms with E-state index < -0.39 is 0 Å². The zero-order valence-corrected chi connectivity index (χ0v) is 10.6. The standard InChI is InChI=1S/C13H19NOS/c1-14-9-5-8-12(14)13(15)10-16-11-6-3-2-4-7-11/h5,8-9,11H,2-4,6-7,10H2,1H3. The number of thioether (sulfide) groups is 1. The fourth-order valence-corrected chi connectivity index (χ4v) is 3.45. The van der Waals surface area contributed by atoms with Crippen LogP contribution in [-0.2, 0) is 7.05 Å². The molecule has 1 aliphatic carbocycles. The second-order valence-electron chi connectivity index (χ2n) is 4.50. The van der Waals surface area contributed by atoms with E-state index in [2.05, 4.69) is 0 Å². The Morgan fingerprint density at radius 3 is 2.81 bits per heavy atom. The van der Waals surface area contributed by atoms with Crippen molar-refractivity contribution >= 4 is 17.5 Å². The van der Waals surface area contributed by atoms with Crippen molar-refractivity contribution in [2.45, 2.75) is 37.4 Å². The van der Waals surface area contributed by atoms with Gasteiger partial charge in [0.1, 0.15) is 0 Å². The van der Waals surface area contributed by atoms with Crippen molar-refractivity contribution in [2.75, 3.05) is 5.75 Å². The lowest BCUT2D eigenvalue weighted by atomic mass is 10.0. The molecular formula is C13H19NOS. The fourth-order valence-electron chi connectivity index (χ4n) is 2.25. The number of hydrogen-bond donors (Lipinski definition) is 0. The Labute approximate surface area is 101 Å². The summed E-state index contributed by atoms with van der Waals surface area (Å²) in [5.74, 6) is 0.908. The van der Waals surface area contributed by atoms with E-state index in [1.54, 1.807) is 0 Å². The Morgan fingerprint density at radius 1 is 1.44 bits per heavy atom. The van der Waals surface area contributed by atoms with Crippen LogP contribution in [0.4, 0.5) is 0 Å². The van der Waals surface area contributed by atoms with Gasteiger partial charge >= 0.3 is 0 Å². The highest BCUT2D eigenvalue weighted by Crippen LogP contribution is 2.28. The number of aryl methyl sites for hydroxylation is 1. The van der Waals surface area contributed by atoms with Crippen LogP contribution in [0.15, 0.2) is 18.3 Å². The zero-order valence-electron chi connectivity index (χ0n) is 9.82. The fraction of sp³-hybridized carbons (Fsp3) is 0.615. The molecule has 3 heteroatoms. The highest BCUT2D eigenvalue weighted by molar-refractivity contribution is 8.00. The Hall–Kier alpha value is -0.700. The minimum Gasteiger partial charge on any atom is -0.348 e. The molecule has 2 rings (SSSR count). The molecule has 0 spiro atoms.